The number of hydrogen-bond acceptors (Lipinski definition) is 8. The van der Waals surface area contributed by atoms with Gasteiger partial charge in [-0.25, -0.2) is 9.59 Å². The molecule has 49 heavy (non-hydrogen) atoms. The molecule has 1 fully saturated rings. The fraction of sp³-hybridized carbons (Fsp3) is 0.300. The van der Waals surface area contributed by atoms with E-state index in [4.69, 9.17) is 18.9 Å². The van der Waals surface area contributed by atoms with E-state index in [-0.39, 0.29) is 37.9 Å². The monoisotopic (exact) mass is 663 g/mol. The second kappa shape index (κ2) is 17.1. The number of carbonyl (C=O) groups excluding carboxylic acids is 4. The lowest BCUT2D eigenvalue weighted by Crippen LogP contribution is -2.45. The standard InChI is InChI=1S/C40H41NO8/c1-3-47-39(44)37-34(25-36(42)46-2)35(26-41(37)40(45)49-27-28-14-7-4-8-15-28)38(43)31-20-13-21-32(24-31)48-23-22-33(29-16-9-5-10-17-29)30-18-11-6-12-19-30/h4-21,24,33-35,37H,3,22-23,25-27H2,1-2H3/t34-,35-,37-/m0/s1. The van der Waals surface area contributed by atoms with Crippen molar-refractivity contribution in [2.45, 2.75) is 38.3 Å². The highest BCUT2D eigenvalue weighted by Crippen LogP contribution is 2.37. The zero-order valence-corrected chi connectivity index (χ0v) is 27.7. The Hall–Kier alpha value is -5.44. The molecule has 1 heterocycles. The molecule has 9 nitrogen and oxygen atoms in total. The number of nitrogens with zero attached hydrogens (tertiary/aromatic N) is 1. The van der Waals surface area contributed by atoms with Gasteiger partial charge in [0.25, 0.3) is 0 Å². The summed E-state index contributed by atoms with van der Waals surface area (Å²) >= 11 is 0. The van der Waals surface area contributed by atoms with Gasteiger partial charge in [0.2, 0.25) is 0 Å². The first-order valence-electron chi connectivity index (χ1n) is 16.5. The van der Waals surface area contributed by atoms with Crippen LogP contribution in [-0.4, -0.2) is 61.6 Å². The van der Waals surface area contributed by atoms with Crippen molar-refractivity contribution in [2.24, 2.45) is 11.8 Å². The van der Waals surface area contributed by atoms with Gasteiger partial charge in [0.15, 0.2) is 5.78 Å². The van der Waals surface area contributed by atoms with E-state index >= 15 is 0 Å². The fourth-order valence-electron chi connectivity index (χ4n) is 6.38. The van der Waals surface area contributed by atoms with Crippen LogP contribution in [0.2, 0.25) is 0 Å². The molecule has 0 aliphatic carbocycles. The summed E-state index contributed by atoms with van der Waals surface area (Å²) in [5.74, 6) is -2.84. The highest BCUT2D eigenvalue weighted by atomic mass is 16.6. The van der Waals surface area contributed by atoms with Gasteiger partial charge in [0.05, 0.1) is 26.7 Å². The fourth-order valence-corrected chi connectivity index (χ4v) is 6.38. The Morgan fingerprint density at radius 3 is 2.04 bits per heavy atom. The summed E-state index contributed by atoms with van der Waals surface area (Å²) < 4.78 is 22.0. The van der Waals surface area contributed by atoms with Crippen LogP contribution in [0.15, 0.2) is 115 Å². The van der Waals surface area contributed by atoms with Crippen molar-refractivity contribution in [3.8, 4) is 5.75 Å². The number of carbonyl (C=O) groups is 4. The molecular weight excluding hydrogens is 622 g/mol. The molecule has 0 spiro atoms. The molecule has 1 aliphatic heterocycles. The van der Waals surface area contributed by atoms with E-state index in [1.165, 1.54) is 23.1 Å². The molecule has 0 N–H and O–H groups in total. The molecule has 254 valence electrons. The smallest absolute Gasteiger partial charge is 0.410 e. The van der Waals surface area contributed by atoms with E-state index in [1.807, 2.05) is 66.7 Å². The minimum absolute atomic E-state index is 0.0270. The van der Waals surface area contributed by atoms with Crippen LogP contribution < -0.4 is 4.74 Å². The maximum absolute atomic E-state index is 14.2. The molecule has 4 aromatic carbocycles. The van der Waals surface area contributed by atoms with Gasteiger partial charge in [-0.1, -0.05) is 103 Å². The summed E-state index contributed by atoms with van der Waals surface area (Å²) in [6, 6.07) is 35.2. The zero-order valence-electron chi connectivity index (χ0n) is 27.7. The van der Waals surface area contributed by atoms with Crippen LogP contribution >= 0.6 is 0 Å². The second-order valence-electron chi connectivity index (χ2n) is 11.8. The van der Waals surface area contributed by atoms with Gasteiger partial charge in [-0.15, -0.1) is 0 Å². The minimum Gasteiger partial charge on any atom is -0.494 e. The predicted octanol–water partition coefficient (Wildman–Crippen LogP) is 6.85. The third-order valence-electron chi connectivity index (χ3n) is 8.78. The average Bonchev–Trinajstić information content (AvgIpc) is 3.52. The first-order valence-corrected chi connectivity index (χ1v) is 16.5. The number of rotatable bonds is 14. The Morgan fingerprint density at radius 2 is 1.43 bits per heavy atom. The molecule has 1 aliphatic rings. The maximum Gasteiger partial charge on any atom is 0.410 e. The van der Waals surface area contributed by atoms with Crippen molar-refractivity contribution in [1.29, 1.82) is 0 Å². The maximum atomic E-state index is 14.2. The molecule has 0 radical (unpaired) electrons. The molecule has 1 saturated heterocycles. The van der Waals surface area contributed by atoms with Crippen molar-refractivity contribution in [3.63, 3.8) is 0 Å². The van der Waals surface area contributed by atoms with Crippen molar-refractivity contribution in [3.05, 3.63) is 138 Å². The number of esters is 2. The number of ether oxygens (including phenoxy) is 4. The minimum atomic E-state index is -1.22. The Labute approximate surface area is 286 Å². The summed E-state index contributed by atoms with van der Waals surface area (Å²) in [7, 11) is 1.24. The Balaban J connectivity index is 1.34. The third kappa shape index (κ3) is 8.93. The van der Waals surface area contributed by atoms with Gasteiger partial charge in [0.1, 0.15) is 18.4 Å². The molecule has 0 unspecified atom stereocenters. The predicted molar refractivity (Wildman–Crippen MR) is 183 cm³/mol. The van der Waals surface area contributed by atoms with Gasteiger partial charge in [-0.2, -0.15) is 0 Å². The van der Waals surface area contributed by atoms with Crippen molar-refractivity contribution < 1.29 is 38.1 Å². The van der Waals surface area contributed by atoms with Crippen molar-refractivity contribution >= 4 is 23.8 Å². The van der Waals surface area contributed by atoms with Crippen LogP contribution in [0.3, 0.4) is 0 Å². The number of benzene rings is 4. The SMILES string of the molecule is CCOC(=O)[C@@H]1[C@@H](CC(=O)OC)[C@@H](C(=O)c2cccc(OCCC(c3ccccc3)c3ccccc3)c2)CN1C(=O)OCc1ccccc1. The molecule has 0 aromatic heterocycles. The van der Waals surface area contributed by atoms with E-state index in [9.17, 15) is 19.2 Å². The van der Waals surface area contributed by atoms with E-state index in [0.717, 1.165) is 5.56 Å². The normalized spacial score (nSPS) is 17.0. The van der Waals surface area contributed by atoms with Crippen LogP contribution in [-0.2, 0) is 30.4 Å². The first kappa shape index (κ1) is 34.9. The summed E-state index contributed by atoms with van der Waals surface area (Å²) in [6.45, 7) is 1.93. The van der Waals surface area contributed by atoms with Crippen LogP contribution in [0.1, 0.15) is 52.7 Å². The zero-order chi connectivity index (χ0) is 34.6. The number of amides is 1. The number of likely N-dealkylation sites (tertiary alicyclic amines) is 1. The Kier molecular flexibility index (Phi) is 12.2. The van der Waals surface area contributed by atoms with E-state index in [1.54, 1.807) is 31.2 Å². The van der Waals surface area contributed by atoms with E-state index in [2.05, 4.69) is 24.3 Å². The van der Waals surface area contributed by atoms with Gasteiger partial charge >= 0.3 is 18.0 Å². The summed E-state index contributed by atoms with van der Waals surface area (Å²) in [5, 5.41) is 0. The molecule has 5 rings (SSSR count). The van der Waals surface area contributed by atoms with E-state index < -0.39 is 35.9 Å². The molecule has 3 atom stereocenters. The topological polar surface area (TPSA) is 108 Å². The lowest BCUT2D eigenvalue weighted by molar-refractivity contribution is -0.150. The number of methoxy groups -OCH3 is 1. The van der Waals surface area contributed by atoms with Crippen LogP contribution in [0.5, 0.6) is 5.75 Å². The molecule has 1 amide bonds. The Bertz CT molecular complexity index is 1660. The second-order valence-corrected chi connectivity index (χ2v) is 11.8. The summed E-state index contributed by atoms with van der Waals surface area (Å²) in [4.78, 5) is 54.7. The van der Waals surface area contributed by atoms with Crippen LogP contribution in [0, 0.1) is 11.8 Å². The number of Topliss-reactive ketones (excluding diaryl/α,β-unsaturated/α-hetero) is 1. The summed E-state index contributed by atoms with van der Waals surface area (Å²) in [5.41, 5.74) is 3.46. The molecule has 4 aromatic rings. The lowest BCUT2D eigenvalue weighted by Gasteiger charge is -2.25. The highest BCUT2D eigenvalue weighted by Gasteiger charge is 2.52. The quantitative estimate of drug-likeness (QED) is 0.0819. The van der Waals surface area contributed by atoms with Crippen LogP contribution in [0.4, 0.5) is 4.79 Å². The van der Waals surface area contributed by atoms with Gasteiger partial charge in [-0.05, 0) is 42.2 Å². The number of hydrogen-bond donors (Lipinski definition) is 0. The average molecular weight is 664 g/mol. The molecule has 0 bridgehead atoms. The molecule has 9 heteroatoms. The lowest BCUT2D eigenvalue weighted by atomic mass is 9.82. The highest BCUT2D eigenvalue weighted by molar-refractivity contribution is 6.00. The van der Waals surface area contributed by atoms with Gasteiger partial charge in [0, 0.05) is 29.9 Å². The van der Waals surface area contributed by atoms with Crippen molar-refractivity contribution in [1.82, 2.24) is 4.90 Å². The van der Waals surface area contributed by atoms with E-state index in [0.29, 0.717) is 24.3 Å². The largest absolute Gasteiger partial charge is 0.494 e. The van der Waals surface area contributed by atoms with Gasteiger partial charge in [-0.3, -0.25) is 14.5 Å². The van der Waals surface area contributed by atoms with Crippen molar-refractivity contribution in [2.75, 3.05) is 26.9 Å². The molecule has 0 saturated carbocycles. The Morgan fingerprint density at radius 1 is 0.796 bits per heavy atom. The molecular formula is C40H41NO8. The number of ketones is 1. The first-order chi connectivity index (χ1) is 23.9. The van der Waals surface area contributed by atoms with Gasteiger partial charge < -0.3 is 18.9 Å². The summed E-state index contributed by atoms with van der Waals surface area (Å²) in [6.07, 6.45) is -0.345. The third-order valence-corrected chi connectivity index (χ3v) is 8.78. The van der Waals surface area contributed by atoms with Crippen LogP contribution in [0.25, 0.3) is 0 Å².